The Morgan fingerprint density at radius 3 is 2.44 bits per heavy atom. The number of nitrogens with zero attached hydrogens (tertiary/aromatic N) is 2. The first kappa shape index (κ1) is 26.5. The number of halogens is 6. The SMILES string of the molecule is N#C[C@H](C[C@H]1CCNC1=O)NC(=O)[C@@H]1[C@H]2CC[C@H](CC2(F)F)N1C(=O)C(F)(F)c1cc(Cl)cc(Cl)c1. The largest absolute Gasteiger partial charge is 0.356 e. The number of hydrogen-bond acceptors (Lipinski definition) is 4. The normalized spacial score (nSPS) is 27.8. The highest BCUT2D eigenvalue weighted by Gasteiger charge is 2.63. The molecule has 3 aliphatic heterocycles. The standard InChI is InChI=1S/C23H22Cl2F4N4O3/c24-13-6-12(7-14(25)8-13)23(28,29)21(36)33-16-1-2-17(22(26,27)9-16)18(33)20(35)32-15(10-30)5-11-3-4-31-19(11)34/h6-8,11,15-18H,1-5,9H2,(H,31,34)(H,32,35)/t11-,15+,16-,17-,18+/m1/s1. The summed E-state index contributed by atoms with van der Waals surface area (Å²) >= 11 is 11.6. The second kappa shape index (κ2) is 9.71. The quantitative estimate of drug-likeness (QED) is 0.530. The van der Waals surface area contributed by atoms with Crippen LogP contribution in [0.15, 0.2) is 18.2 Å². The highest BCUT2D eigenvalue weighted by atomic mass is 35.5. The highest BCUT2D eigenvalue weighted by molar-refractivity contribution is 6.34. The van der Waals surface area contributed by atoms with Gasteiger partial charge in [-0.3, -0.25) is 14.4 Å². The molecule has 7 nitrogen and oxygen atoms in total. The molecule has 0 unspecified atom stereocenters. The fourth-order valence-electron chi connectivity index (χ4n) is 5.38. The molecule has 1 aliphatic carbocycles. The number of benzene rings is 1. The molecule has 0 aromatic heterocycles. The van der Waals surface area contributed by atoms with Gasteiger partial charge in [0.1, 0.15) is 12.1 Å². The van der Waals surface area contributed by atoms with E-state index < -0.39 is 65.6 Å². The zero-order valence-corrected chi connectivity index (χ0v) is 20.3. The number of carbonyl (C=O) groups is 3. The van der Waals surface area contributed by atoms with E-state index in [1.807, 2.05) is 6.07 Å². The fraction of sp³-hybridized carbons (Fsp3) is 0.565. The monoisotopic (exact) mass is 548 g/mol. The molecule has 3 amide bonds. The molecule has 5 atom stereocenters. The minimum absolute atomic E-state index is 0.0199. The number of rotatable bonds is 6. The molecule has 1 aromatic carbocycles. The molecule has 5 rings (SSSR count). The predicted molar refractivity (Wildman–Crippen MR) is 120 cm³/mol. The molecule has 1 aromatic rings. The van der Waals surface area contributed by atoms with E-state index in [0.717, 1.165) is 12.1 Å². The van der Waals surface area contributed by atoms with Crippen molar-refractivity contribution in [2.24, 2.45) is 11.8 Å². The molecule has 2 N–H and O–H groups in total. The van der Waals surface area contributed by atoms with Crippen LogP contribution in [0, 0.1) is 23.2 Å². The maximum Gasteiger partial charge on any atom is 0.350 e. The number of fused-ring (bicyclic) bond motifs is 3. The lowest BCUT2D eigenvalue weighted by Crippen LogP contribution is -2.70. The summed E-state index contributed by atoms with van der Waals surface area (Å²) in [5.74, 6) is -13.1. The van der Waals surface area contributed by atoms with Crippen molar-refractivity contribution < 1.29 is 31.9 Å². The Bertz CT molecular complexity index is 1110. The molecule has 4 aliphatic rings. The van der Waals surface area contributed by atoms with Crippen molar-refractivity contribution in [3.63, 3.8) is 0 Å². The number of alkyl halides is 4. The van der Waals surface area contributed by atoms with Crippen LogP contribution in [0.1, 0.15) is 37.7 Å². The molecular formula is C23H22Cl2F4N4O3. The lowest BCUT2D eigenvalue weighted by molar-refractivity contribution is -0.207. The predicted octanol–water partition coefficient (Wildman–Crippen LogP) is 3.63. The molecule has 36 heavy (non-hydrogen) atoms. The third kappa shape index (κ3) is 4.85. The third-order valence-electron chi connectivity index (χ3n) is 7.09. The van der Waals surface area contributed by atoms with E-state index >= 15 is 8.78 Å². The fourth-order valence-corrected chi connectivity index (χ4v) is 5.90. The van der Waals surface area contributed by atoms with Crippen molar-refractivity contribution in [1.29, 1.82) is 5.26 Å². The summed E-state index contributed by atoms with van der Waals surface area (Å²) in [6.45, 7) is 0.402. The Morgan fingerprint density at radius 2 is 1.89 bits per heavy atom. The average molecular weight is 549 g/mol. The van der Waals surface area contributed by atoms with E-state index in [1.165, 1.54) is 6.07 Å². The van der Waals surface area contributed by atoms with Crippen LogP contribution in [-0.4, -0.2) is 53.2 Å². The minimum Gasteiger partial charge on any atom is -0.356 e. The molecule has 4 fully saturated rings. The van der Waals surface area contributed by atoms with Crippen molar-refractivity contribution in [1.82, 2.24) is 15.5 Å². The van der Waals surface area contributed by atoms with Crippen molar-refractivity contribution in [3.8, 4) is 6.07 Å². The molecule has 3 saturated heterocycles. The smallest absolute Gasteiger partial charge is 0.350 e. The number of amides is 3. The maximum atomic E-state index is 15.4. The molecule has 2 bridgehead atoms. The van der Waals surface area contributed by atoms with Gasteiger partial charge in [0.05, 0.1) is 12.0 Å². The first-order valence-electron chi connectivity index (χ1n) is 11.4. The second-order valence-electron chi connectivity index (χ2n) is 9.40. The first-order chi connectivity index (χ1) is 16.8. The number of hydrogen-bond donors (Lipinski definition) is 2. The van der Waals surface area contributed by atoms with Crippen molar-refractivity contribution in [2.45, 2.75) is 62.1 Å². The van der Waals surface area contributed by atoms with Crippen molar-refractivity contribution >= 4 is 40.9 Å². The molecule has 13 heteroatoms. The van der Waals surface area contributed by atoms with E-state index in [9.17, 15) is 28.4 Å². The van der Waals surface area contributed by atoms with Gasteiger partial charge >= 0.3 is 5.92 Å². The van der Waals surface area contributed by atoms with E-state index in [-0.39, 0.29) is 35.2 Å². The van der Waals surface area contributed by atoms with E-state index in [4.69, 9.17) is 23.2 Å². The molecule has 0 spiro atoms. The van der Waals surface area contributed by atoms with Crippen LogP contribution in [0.4, 0.5) is 17.6 Å². The average Bonchev–Trinajstić information content (AvgIpc) is 3.20. The van der Waals surface area contributed by atoms with Gasteiger partial charge in [0.2, 0.25) is 11.8 Å². The number of nitrogens with one attached hydrogen (secondary N) is 2. The van der Waals surface area contributed by atoms with Crippen molar-refractivity contribution in [2.75, 3.05) is 6.54 Å². The Kier molecular flexibility index (Phi) is 7.14. The van der Waals surface area contributed by atoms with Crippen LogP contribution in [0.3, 0.4) is 0 Å². The molecule has 3 heterocycles. The molecule has 1 saturated carbocycles. The lowest BCUT2D eigenvalue weighted by atomic mass is 9.71. The van der Waals surface area contributed by atoms with Gasteiger partial charge in [-0.15, -0.1) is 0 Å². The Balaban J connectivity index is 1.63. The summed E-state index contributed by atoms with van der Waals surface area (Å²) in [4.78, 5) is 38.8. The molecule has 0 radical (unpaired) electrons. The Labute approximate surface area is 214 Å². The first-order valence-corrected chi connectivity index (χ1v) is 12.1. The zero-order chi connectivity index (χ0) is 26.4. The summed E-state index contributed by atoms with van der Waals surface area (Å²) in [5.41, 5.74) is -0.834. The zero-order valence-electron chi connectivity index (χ0n) is 18.7. The van der Waals surface area contributed by atoms with Crippen LogP contribution < -0.4 is 10.6 Å². The summed E-state index contributed by atoms with van der Waals surface area (Å²) in [5, 5.41) is 14.1. The van der Waals surface area contributed by atoms with E-state index in [1.54, 1.807) is 0 Å². The van der Waals surface area contributed by atoms with E-state index in [0.29, 0.717) is 17.9 Å². The van der Waals surface area contributed by atoms with Gasteiger partial charge in [-0.05, 0) is 43.9 Å². The molecular weight excluding hydrogens is 527 g/mol. The summed E-state index contributed by atoms with van der Waals surface area (Å²) in [6.07, 6.45) is -0.638. The van der Waals surface area contributed by atoms with Crippen LogP contribution in [0.2, 0.25) is 10.0 Å². The Hall–Kier alpha value is -2.58. The topological polar surface area (TPSA) is 102 Å². The summed E-state index contributed by atoms with van der Waals surface area (Å²) in [6, 6.07) is 0.232. The number of nitriles is 1. The second-order valence-corrected chi connectivity index (χ2v) is 10.3. The van der Waals surface area contributed by atoms with Gasteiger partial charge in [-0.2, -0.15) is 14.0 Å². The molecule has 194 valence electrons. The highest BCUT2D eigenvalue weighted by Crippen LogP contribution is 2.50. The number of piperidine rings is 2. The van der Waals surface area contributed by atoms with Crippen LogP contribution in [0.5, 0.6) is 0 Å². The van der Waals surface area contributed by atoms with Gasteiger partial charge in [0, 0.05) is 40.5 Å². The van der Waals surface area contributed by atoms with Crippen LogP contribution >= 0.6 is 23.2 Å². The minimum atomic E-state index is -4.21. The third-order valence-corrected chi connectivity index (χ3v) is 7.52. The van der Waals surface area contributed by atoms with Gasteiger partial charge in [-0.1, -0.05) is 23.2 Å². The van der Waals surface area contributed by atoms with Gasteiger partial charge < -0.3 is 15.5 Å². The van der Waals surface area contributed by atoms with Crippen LogP contribution in [0.25, 0.3) is 0 Å². The lowest BCUT2D eigenvalue weighted by Gasteiger charge is -2.54. The van der Waals surface area contributed by atoms with Crippen molar-refractivity contribution in [3.05, 3.63) is 33.8 Å². The van der Waals surface area contributed by atoms with Gasteiger partial charge in [-0.25, -0.2) is 8.78 Å². The summed E-state index contributed by atoms with van der Waals surface area (Å²) in [7, 11) is 0. The Morgan fingerprint density at radius 1 is 1.22 bits per heavy atom. The van der Waals surface area contributed by atoms with Crippen LogP contribution in [-0.2, 0) is 20.3 Å². The summed E-state index contributed by atoms with van der Waals surface area (Å²) < 4.78 is 60.4. The maximum absolute atomic E-state index is 15.4. The van der Waals surface area contributed by atoms with Gasteiger partial charge in [0.15, 0.2) is 0 Å². The number of carbonyl (C=O) groups excluding carboxylic acids is 3. The van der Waals surface area contributed by atoms with E-state index in [2.05, 4.69) is 10.6 Å². The van der Waals surface area contributed by atoms with Gasteiger partial charge in [0.25, 0.3) is 11.8 Å².